The fraction of sp³-hybridized carbons (Fsp3) is 0.500. The molecular weight excluding hydrogens is 271 g/mol. The molecular formula is C12H16BrFN2. The third-order valence-electron chi connectivity index (χ3n) is 3.11. The van der Waals surface area contributed by atoms with E-state index in [0.29, 0.717) is 6.04 Å². The van der Waals surface area contributed by atoms with Gasteiger partial charge >= 0.3 is 0 Å². The highest BCUT2D eigenvalue weighted by molar-refractivity contribution is 9.10. The Kier molecular flexibility index (Phi) is 3.95. The van der Waals surface area contributed by atoms with Crippen LogP contribution in [0.25, 0.3) is 0 Å². The first-order chi connectivity index (χ1) is 7.68. The van der Waals surface area contributed by atoms with Crippen LogP contribution in [0.4, 0.5) is 4.39 Å². The normalized spacial score (nSPS) is 19.7. The van der Waals surface area contributed by atoms with Gasteiger partial charge in [0.2, 0.25) is 0 Å². The third kappa shape index (κ3) is 2.62. The third-order valence-corrected chi connectivity index (χ3v) is 3.80. The van der Waals surface area contributed by atoms with E-state index in [1.54, 1.807) is 0 Å². The molecule has 0 unspecified atom stereocenters. The van der Waals surface area contributed by atoms with Gasteiger partial charge in [0.15, 0.2) is 0 Å². The highest BCUT2D eigenvalue weighted by Gasteiger charge is 2.19. The molecule has 88 valence electrons. The predicted molar refractivity (Wildman–Crippen MR) is 67.0 cm³/mol. The highest BCUT2D eigenvalue weighted by atomic mass is 79.9. The lowest BCUT2D eigenvalue weighted by atomic mass is 10.1. The Morgan fingerprint density at radius 1 is 1.38 bits per heavy atom. The van der Waals surface area contributed by atoms with Gasteiger partial charge in [-0.25, -0.2) is 4.39 Å². The van der Waals surface area contributed by atoms with Crippen molar-refractivity contribution in [2.24, 2.45) is 0 Å². The first-order valence-electron chi connectivity index (χ1n) is 5.58. The standard InChI is InChI=1S/C12H16BrFN2/c1-9(16-6-4-15-5-7-16)11-3-2-10(14)8-12(11)13/h2-3,8-9,15H,4-7H2,1H3/t9-/m1/s1. The van der Waals surface area contributed by atoms with Crippen molar-refractivity contribution < 1.29 is 4.39 Å². The van der Waals surface area contributed by atoms with Gasteiger partial charge in [0.25, 0.3) is 0 Å². The Morgan fingerprint density at radius 3 is 2.69 bits per heavy atom. The molecule has 1 atom stereocenters. The summed E-state index contributed by atoms with van der Waals surface area (Å²) in [5.41, 5.74) is 1.16. The van der Waals surface area contributed by atoms with E-state index in [1.165, 1.54) is 12.1 Å². The van der Waals surface area contributed by atoms with Gasteiger partial charge in [-0.15, -0.1) is 0 Å². The number of nitrogens with one attached hydrogen (secondary N) is 1. The second kappa shape index (κ2) is 5.25. The first kappa shape index (κ1) is 12.0. The zero-order valence-electron chi connectivity index (χ0n) is 9.34. The van der Waals surface area contributed by atoms with Crippen molar-refractivity contribution in [1.29, 1.82) is 0 Å². The minimum Gasteiger partial charge on any atom is -0.314 e. The molecule has 1 aliphatic heterocycles. The number of nitrogens with zero attached hydrogens (tertiary/aromatic N) is 1. The minimum absolute atomic E-state index is 0.192. The molecule has 2 nitrogen and oxygen atoms in total. The molecule has 0 spiro atoms. The van der Waals surface area contributed by atoms with Crippen molar-refractivity contribution in [3.63, 3.8) is 0 Å². The maximum Gasteiger partial charge on any atom is 0.124 e. The molecule has 2 rings (SSSR count). The highest BCUT2D eigenvalue weighted by Crippen LogP contribution is 2.28. The number of rotatable bonds is 2. The van der Waals surface area contributed by atoms with Crippen LogP contribution in [0.1, 0.15) is 18.5 Å². The fourth-order valence-electron chi connectivity index (χ4n) is 2.11. The molecule has 1 fully saturated rings. The molecule has 1 heterocycles. The van der Waals surface area contributed by atoms with Crippen LogP contribution in [-0.2, 0) is 0 Å². The molecule has 0 aliphatic carbocycles. The number of benzene rings is 1. The van der Waals surface area contributed by atoms with E-state index in [9.17, 15) is 4.39 Å². The molecule has 1 saturated heterocycles. The molecule has 0 amide bonds. The van der Waals surface area contributed by atoms with Crippen LogP contribution in [0.3, 0.4) is 0 Å². The second-order valence-corrected chi connectivity index (χ2v) is 4.98. The van der Waals surface area contributed by atoms with Crippen LogP contribution >= 0.6 is 15.9 Å². The smallest absolute Gasteiger partial charge is 0.124 e. The predicted octanol–water partition coefficient (Wildman–Crippen LogP) is 2.55. The molecule has 1 aliphatic rings. The zero-order valence-corrected chi connectivity index (χ0v) is 10.9. The summed E-state index contributed by atoms with van der Waals surface area (Å²) in [5, 5.41) is 3.33. The van der Waals surface area contributed by atoms with E-state index in [2.05, 4.69) is 33.1 Å². The first-order valence-corrected chi connectivity index (χ1v) is 6.37. The minimum atomic E-state index is -0.192. The van der Waals surface area contributed by atoms with Crippen LogP contribution in [0, 0.1) is 5.82 Å². The van der Waals surface area contributed by atoms with E-state index >= 15 is 0 Å². The average Bonchev–Trinajstić information content (AvgIpc) is 2.29. The average molecular weight is 287 g/mol. The number of piperazine rings is 1. The van der Waals surface area contributed by atoms with Gasteiger partial charge in [0.1, 0.15) is 5.82 Å². The van der Waals surface area contributed by atoms with E-state index < -0.39 is 0 Å². The van der Waals surface area contributed by atoms with Crippen LogP contribution in [-0.4, -0.2) is 31.1 Å². The van der Waals surface area contributed by atoms with Gasteiger partial charge in [-0.1, -0.05) is 22.0 Å². The molecule has 4 heteroatoms. The van der Waals surface area contributed by atoms with Gasteiger partial charge in [0.05, 0.1) is 0 Å². The summed E-state index contributed by atoms with van der Waals surface area (Å²) in [6.45, 7) is 6.32. The Balaban J connectivity index is 2.15. The monoisotopic (exact) mass is 286 g/mol. The lowest BCUT2D eigenvalue weighted by Gasteiger charge is -2.33. The van der Waals surface area contributed by atoms with Gasteiger partial charge in [-0.05, 0) is 24.6 Å². The van der Waals surface area contributed by atoms with Crippen molar-refractivity contribution in [1.82, 2.24) is 10.2 Å². The lowest BCUT2D eigenvalue weighted by molar-refractivity contribution is 0.185. The van der Waals surface area contributed by atoms with Gasteiger partial charge in [0, 0.05) is 36.7 Å². The maximum atomic E-state index is 13.0. The molecule has 1 N–H and O–H groups in total. The van der Waals surface area contributed by atoms with Crippen molar-refractivity contribution in [2.75, 3.05) is 26.2 Å². The summed E-state index contributed by atoms with van der Waals surface area (Å²) in [4.78, 5) is 2.41. The number of hydrogen-bond acceptors (Lipinski definition) is 2. The fourth-order valence-corrected chi connectivity index (χ4v) is 2.79. The van der Waals surface area contributed by atoms with Crippen LogP contribution in [0.5, 0.6) is 0 Å². The summed E-state index contributed by atoms with van der Waals surface area (Å²) in [7, 11) is 0. The van der Waals surface area contributed by atoms with Crippen molar-refractivity contribution in [3.8, 4) is 0 Å². The quantitative estimate of drug-likeness (QED) is 0.899. The van der Waals surface area contributed by atoms with Gasteiger partial charge in [-0.2, -0.15) is 0 Å². The SMILES string of the molecule is C[C@H](c1ccc(F)cc1Br)N1CCNCC1. The summed E-state index contributed by atoms with van der Waals surface area (Å²) in [6.07, 6.45) is 0. The van der Waals surface area contributed by atoms with Crippen LogP contribution < -0.4 is 5.32 Å². The van der Waals surface area contributed by atoms with Crippen molar-refractivity contribution >= 4 is 15.9 Å². The Morgan fingerprint density at radius 2 is 2.06 bits per heavy atom. The largest absolute Gasteiger partial charge is 0.314 e. The Bertz CT molecular complexity index is 364. The maximum absolute atomic E-state index is 13.0. The second-order valence-electron chi connectivity index (χ2n) is 4.13. The topological polar surface area (TPSA) is 15.3 Å². The number of hydrogen-bond donors (Lipinski definition) is 1. The van der Waals surface area contributed by atoms with Gasteiger partial charge in [-0.3, -0.25) is 4.90 Å². The van der Waals surface area contributed by atoms with E-state index in [-0.39, 0.29) is 5.82 Å². The Labute approximate surface area is 104 Å². The Hall–Kier alpha value is -0.450. The van der Waals surface area contributed by atoms with Crippen molar-refractivity contribution in [2.45, 2.75) is 13.0 Å². The lowest BCUT2D eigenvalue weighted by Crippen LogP contribution is -2.44. The molecule has 16 heavy (non-hydrogen) atoms. The summed E-state index contributed by atoms with van der Waals surface area (Å²) in [5.74, 6) is -0.192. The van der Waals surface area contributed by atoms with E-state index in [0.717, 1.165) is 36.2 Å². The molecule has 0 bridgehead atoms. The van der Waals surface area contributed by atoms with Crippen LogP contribution in [0.15, 0.2) is 22.7 Å². The molecule has 1 aromatic rings. The molecule has 1 aromatic carbocycles. The summed E-state index contributed by atoms with van der Waals surface area (Å²) < 4.78 is 13.9. The van der Waals surface area contributed by atoms with E-state index in [4.69, 9.17) is 0 Å². The van der Waals surface area contributed by atoms with E-state index in [1.807, 2.05) is 6.07 Å². The summed E-state index contributed by atoms with van der Waals surface area (Å²) in [6, 6.07) is 5.26. The molecule has 0 radical (unpaired) electrons. The van der Waals surface area contributed by atoms with Crippen LogP contribution in [0.2, 0.25) is 0 Å². The molecule has 0 saturated carbocycles. The summed E-state index contributed by atoms with van der Waals surface area (Å²) >= 11 is 3.43. The molecule has 0 aromatic heterocycles. The zero-order chi connectivity index (χ0) is 11.5. The number of halogens is 2. The van der Waals surface area contributed by atoms with Crippen molar-refractivity contribution in [3.05, 3.63) is 34.1 Å². The van der Waals surface area contributed by atoms with Gasteiger partial charge < -0.3 is 5.32 Å².